The fraction of sp³-hybridized carbons (Fsp3) is 0. The maximum atomic E-state index is 8.88. The summed E-state index contributed by atoms with van der Waals surface area (Å²) in [6.07, 6.45) is 0. The first-order valence-electron chi connectivity index (χ1n) is 0.927. The van der Waals surface area contributed by atoms with E-state index in [4.69, 9.17) is 23.1 Å². The van der Waals surface area contributed by atoms with Crippen LogP contribution in [0.1, 0.15) is 2.85 Å². The Bertz CT molecular complexity index is 75.5. The summed E-state index contributed by atoms with van der Waals surface area (Å²) in [5.41, 5.74) is 0. The van der Waals surface area contributed by atoms with Crippen molar-refractivity contribution >= 4 is 45.6 Å². The average Bonchev–Trinajstić information content (AvgIpc) is 1.36. The molecule has 0 unspecified atom stereocenters. The molecule has 50 valence electrons. The number of hydrogen-bond donors (Lipinski definition) is 3. The van der Waals surface area contributed by atoms with Crippen molar-refractivity contribution in [3.63, 3.8) is 0 Å². The van der Waals surface area contributed by atoms with Crippen molar-refractivity contribution in [2.24, 2.45) is 0 Å². The third-order valence-corrected chi connectivity index (χ3v) is 0. The summed E-state index contributed by atoms with van der Waals surface area (Å²) in [4.78, 5) is 21.6. The van der Waals surface area contributed by atoms with Crippen LogP contribution >= 0.6 is 7.82 Å². The van der Waals surface area contributed by atoms with Crippen LogP contribution in [0.3, 0.4) is 0 Å². The Morgan fingerprint density at radius 3 is 1.25 bits per heavy atom. The van der Waals surface area contributed by atoms with Gasteiger partial charge in [-0.15, -0.1) is 0 Å². The standard InChI is InChI=1S/Ca.Fe.H3O4P.O.2H/c;;1-5(2,3)4;;;/h;;(H3,1,2,3,4);;;/q+2;;;;2*-1. The van der Waals surface area contributed by atoms with Gasteiger partial charge in [0.05, 0.1) is 0 Å². The molecule has 0 spiro atoms. The van der Waals surface area contributed by atoms with E-state index in [2.05, 4.69) is 0 Å². The Labute approximate surface area is 86.7 Å². The molecule has 0 radical (unpaired) electrons. The summed E-state index contributed by atoms with van der Waals surface area (Å²) >= 11 is 2.00. The Morgan fingerprint density at radius 2 is 1.25 bits per heavy atom. The Hall–Kier alpha value is 1.69. The van der Waals surface area contributed by atoms with Gasteiger partial charge in [0.1, 0.15) is 0 Å². The molecule has 0 aliphatic heterocycles. The van der Waals surface area contributed by atoms with E-state index in [9.17, 15) is 0 Å². The van der Waals surface area contributed by atoms with Crippen molar-refractivity contribution in [2.45, 2.75) is 0 Å². The van der Waals surface area contributed by atoms with Gasteiger partial charge in [0.25, 0.3) is 0 Å². The van der Waals surface area contributed by atoms with E-state index in [1.165, 1.54) is 0 Å². The van der Waals surface area contributed by atoms with Crippen molar-refractivity contribution in [3.8, 4) is 0 Å². The second-order valence-electron chi connectivity index (χ2n) is 0.513. The van der Waals surface area contributed by atoms with E-state index in [1.807, 2.05) is 15.9 Å². The Kier molecular flexibility index (Phi) is 17.8. The molecule has 0 fully saturated rings. The monoisotopic (exact) mass is 212 g/mol. The molecule has 3 N–H and O–H groups in total. The van der Waals surface area contributed by atoms with Crippen molar-refractivity contribution in [1.82, 2.24) is 0 Å². The van der Waals surface area contributed by atoms with Crippen molar-refractivity contribution in [1.29, 1.82) is 0 Å². The SMILES string of the molecule is O=P(O)(O)O.[Ca+2].[H-].[H-].[O]=[Fe]. The second-order valence-corrected chi connectivity index (χ2v) is 1.54. The summed E-state index contributed by atoms with van der Waals surface area (Å²) in [7, 11) is -4.64. The second kappa shape index (κ2) is 8.69. The molecule has 0 aliphatic rings. The topological polar surface area (TPSA) is 94.8 Å². The molecular weight excluding hydrogens is 207 g/mol. The number of phosphoric acid groups is 1. The van der Waals surface area contributed by atoms with Gasteiger partial charge in [-0.2, -0.15) is 0 Å². The molecule has 0 aromatic rings. The van der Waals surface area contributed by atoms with Gasteiger partial charge in [-0.25, -0.2) is 4.57 Å². The zero-order valence-electron chi connectivity index (χ0n) is 5.67. The molecule has 5 nitrogen and oxygen atoms in total. The first-order valence-corrected chi connectivity index (χ1v) is 2.94. The van der Waals surface area contributed by atoms with E-state index in [1.54, 1.807) is 0 Å². The third kappa shape index (κ3) is 121. The summed E-state index contributed by atoms with van der Waals surface area (Å²) in [6.45, 7) is 0. The van der Waals surface area contributed by atoms with Gasteiger partial charge in [-0.3, -0.25) is 0 Å². The van der Waals surface area contributed by atoms with Gasteiger partial charge >= 0.3 is 65.3 Å². The fourth-order valence-corrected chi connectivity index (χ4v) is 0. The molecule has 8 heteroatoms. The fourth-order valence-electron chi connectivity index (χ4n) is 0. The molecule has 0 atom stereocenters. The third-order valence-electron chi connectivity index (χ3n) is 0. The van der Waals surface area contributed by atoms with E-state index in [-0.39, 0.29) is 40.6 Å². The van der Waals surface area contributed by atoms with Crippen molar-refractivity contribution < 1.29 is 41.9 Å². The molecule has 0 heterocycles. The van der Waals surface area contributed by atoms with Crippen molar-refractivity contribution in [2.75, 3.05) is 0 Å². The first kappa shape index (κ1) is 16.3. The molecule has 0 bridgehead atoms. The predicted molar refractivity (Wildman–Crippen MR) is 22.9 cm³/mol. The Balaban J connectivity index is -0.0000000154. The average molecular weight is 212 g/mol. The van der Waals surface area contributed by atoms with Crippen molar-refractivity contribution in [3.05, 3.63) is 0 Å². The zero-order valence-corrected chi connectivity index (χ0v) is 7.87. The van der Waals surface area contributed by atoms with Crippen LogP contribution in [-0.2, 0) is 24.3 Å². The van der Waals surface area contributed by atoms with Crippen LogP contribution in [0.25, 0.3) is 0 Å². The number of hydrogen-bond acceptors (Lipinski definition) is 2. The first-order chi connectivity index (χ1) is 3.00. The molecule has 0 saturated heterocycles. The van der Waals surface area contributed by atoms with E-state index in [0.29, 0.717) is 0 Å². The summed E-state index contributed by atoms with van der Waals surface area (Å²) in [5, 5.41) is 0. The maximum absolute atomic E-state index is 8.88. The molecular formula is H5CaFeO5P. The molecule has 0 aromatic heterocycles. The van der Waals surface area contributed by atoms with E-state index < -0.39 is 7.82 Å². The molecule has 0 aliphatic carbocycles. The summed E-state index contributed by atoms with van der Waals surface area (Å²) < 4.78 is 16.9. The summed E-state index contributed by atoms with van der Waals surface area (Å²) in [5.74, 6) is 0. The van der Waals surface area contributed by atoms with Crippen LogP contribution in [0.15, 0.2) is 0 Å². The Morgan fingerprint density at radius 1 is 1.25 bits per heavy atom. The molecule has 0 saturated carbocycles. The number of rotatable bonds is 0. The van der Waals surface area contributed by atoms with Crippen LogP contribution in [-0.4, -0.2) is 52.4 Å². The quantitative estimate of drug-likeness (QED) is 0.346. The van der Waals surface area contributed by atoms with Crippen LogP contribution < -0.4 is 0 Å². The van der Waals surface area contributed by atoms with Crippen LogP contribution in [0.5, 0.6) is 0 Å². The van der Waals surface area contributed by atoms with Gasteiger partial charge < -0.3 is 17.5 Å². The van der Waals surface area contributed by atoms with Crippen LogP contribution in [0.4, 0.5) is 0 Å². The minimum absolute atomic E-state index is 0. The summed E-state index contributed by atoms with van der Waals surface area (Å²) in [6, 6.07) is 0. The van der Waals surface area contributed by atoms with E-state index in [0.717, 1.165) is 0 Å². The molecule has 0 rings (SSSR count). The molecule has 8 heavy (non-hydrogen) atoms. The normalized spacial score (nSPS) is 8.00. The zero-order chi connectivity index (χ0) is 6.50. The van der Waals surface area contributed by atoms with Gasteiger partial charge in [-0.1, -0.05) is 0 Å². The van der Waals surface area contributed by atoms with Gasteiger partial charge in [0.15, 0.2) is 0 Å². The van der Waals surface area contributed by atoms with Crippen LogP contribution in [0.2, 0.25) is 0 Å². The van der Waals surface area contributed by atoms with Gasteiger partial charge in [-0.05, 0) is 0 Å². The van der Waals surface area contributed by atoms with Gasteiger partial charge in [0.2, 0.25) is 0 Å². The molecule has 0 amide bonds. The predicted octanol–water partition coefficient (Wildman–Crippen LogP) is -1.21. The van der Waals surface area contributed by atoms with Gasteiger partial charge in [0, 0.05) is 0 Å². The van der Waals surface area contributed by atoms with Crippen LogP contribution in [0, 0.1) is 0 Å². The molecule has 0 aromatic carbocycles. The minimum atomic E-state index is -4.64. The van der Waals surface area contributed by atoms with E-state index >= 15 is 0 Å².